The highest BCUT2D eigenvalue weighted by Crippen LogP contribution is 2.25. The number of carbonyl (C=O) groups is 3. The van der Waals surface area contributed by atoms with Gasteiger partial charge in [-0.3, -0.25) is 9.59 Å². The Morgan fingerprint density at radius 1 is 1.08 bits per heavy atom. The Bertz CT molecular complexity index is 697. The van der Waals surface area contributed by atoms with Crippen LogP contribution in [0, 0.1) is 5.92 Å². The third kappa shape index (κ3) is 4.04. The van der Waals surface area contributed by atoms with E-state index in [1.54, 1.807) is 24.3 Å². The average molecular weight is 360 g/mol. The quantitative estimate of drug-likeness (QED) is 0.857. The van der Waals surface area contributed by atoms with Crippen molar-refractivity contribution in [1.29, 1.82) is 0 Å². The standard InChI is InChI=1S/C19H24N2O5/c1-12-8-10-21(11-9-12)18(23)13-4-2-3-5-14(13)20-17(22)15-6-7-16(26-15)19(24)25/h2-5,12,15-16H,6-11H2,1H3,(H,20,22)(H,24,25)/t15-,16+/m0/s1. The second-order valence-electron chi connectivity index (χ2n) is 7.04. The molecule has 140 valence electrons. The smallest absolute Gasteiger partial charge is 0.332 e. The molecular formula is C19H24N2O5. The summed E-state index contributed by atoms with van der Waals surface area (Å²) in [6.07, 6.45) is 0.857. The minimum absolute atomic E-state index is 0.0939. The summed E-state index contributed by atoms with van der Waals surface area (Å²) in [5.74, 6) is -0.948. The lowest BCUT2D eigenvalue weighted by molar-refractivity contribution is -0.150. The van der Waals surface area contributed by atoms with Crippen molar-refractivity contribution in [1.82, 2.24) is 4.90 Å². The van der Waals surface area contributed by atoms with E-state index in [0.29, 0.717) is 43.1 Å². The number of amides is 2. The monoisotopic (exact) mass is 360 g/mol. The van der Waals surface area contributed by atoms with Crippen molar-refractivity contribution in [3.63, 3.8) is 0 Å². The van der Waals surface area contributed by atoms with Crippen LogP contribution in [-0.4, -0.2) is 53.1 Å². The minimum atomic E-state index is -1.06. The van der Waals surface area contributed by atoms with Gasteiger partial charge in [-0.25, -0.2) is 4.79 Å². The molecule has 2 heterocycles. The van der Waals surface area contributed by atoms with Crippen molar-refractivity contribution in [3.8, 4) is 0 Å². The zero-order chi connectivity index (χ0) is 18.7. The van der Waals surface area contributed by atoms with Gasteiger partial charge in [-0.05, 0) is 43.7 Å². The van der Waals surface area contributed by atoms with Gasteiger partial charge in [0.15, 0.2) is 6.10 Å². The lowest BCUT2D eigenvalue weighted by Crippen LogP contribution is -2.38. The van der Waals surface area contributed by atoms with Crippen molar-refractivity contribution in [2.75, 3.05) is 18.4 Å². The molecular weight excluding hydrogens is 336 g/mol. The van der Waals surface area contributed by atoms with Gasteiger partial charge in [-0.15, -0.1) is 0 Å². The van der Waals surface area contributed by atoms with Crippen molar-refractivity contribution >= 4 is 23.5 Å². The number of para-hydroxylation sites is 1. The number of anilines is 1. The second-order valence-corrected chi connectivity index (χ2v) is 7.04. The summed E-state index contributed by atoms with van der Waals surface area (Å²) in [6.45, 7) is 3.62. The van der Waals surface area contributed by atoms with E-state index in [1.165, 1.54) is 0 Å². The predicted molar refractivity (Wildman–Crippen MR) is 94.9 cm³/mol. The normalized spacial score (nSPS) is 23.7. The number of hydrogen-bond donors (Lipinski definition) is 2. The van der Waals surface area contributed by atoms with Gasteiger partial charge in [0, 0.05) is 13.1 Å². The van der Waals surface area contributed by atoms with E-state index in [-0.39, 0.29) is 5.91 Å². The molecule has 26 heavy (non-hydrogen) atoms. The molecule has 1 aromatic rings. The number of carboxylic acids is 1. The molecule has 7 nitrogen and oxygen atoms in total. The molecule has 0 spiro atoms. The summed E-state index contributed by atoms with van der Waals surface area (Å²) in [5, 5.41) is 11.7. The van der Waals surface area contributed by atoms with E-state index >= 15 is 0 Å². The fourth-order valence-corrected chi connectivity index (χ4v) is 3.39. The van der Waals surface area contributed by atoms with Crippen molar-refractivity contribution < 1.29 is 24.2 Å². The number of carbonyl (C=O) groups excluding carboxylic acids is 2. The van der Waals surface area contributed by atoms with E-state index in [9.17, 15) is 14.4 Å². The molecule has 0 aromatic heterocycles. The molecule has 7 heteroatoms. The molecule has 0 aliphatic carbocycles. The Hall–Kier alpha value is -2.41. The van der Waals surface area contributed by atoms with Gasteiger partial charge in [0.25, 0.3) is 11.8 Å². The molecule has 2 saturated heterocycles. The summed E-state index contributed by atoms with van der Waals surface area (Å²) < 4.78 is 5.28. The highest BCUT2D eigenvalue weighted by molar-refractivity contribution is 6.04. The van der Waals surface area contributed by atoms with E-state index in [2.05, 4.69) is 12.2 Å². The molecule has 2 atom stereocenters. The van der Waals surface area contributed by atoms with Crippen LogP contribution in [0.5, 0.6) is 0 Å². The Labute approximate surface area is 152 Å². The Kier molecular flexibility index (Phi) is 5.56. The lowest BCUT2D eigenvalue weighted by atomic mass is 9.98. The number of nitrogens with zero attached hydrogens (tertiary/aromatic N) is 1. The molecule has 2 fully saturated rings. The fraction of sp³-hybridized carbons (Fsp3) is 0.526. The van der Waals surface area contributed by atoms with Gasteiger partial charge in [0.05, 0.1) is 11.3 Å². The van der Waals surface area contributed by atoms with E-state index in [0.717, 1.165) is 12.8 Å². The number of rotatable bonds is 4. The zero-order valence-corrected chi connectivity index (χ0v) is 14.8. The number of carboxylic acid groups (broad SMARTS) is 1. The third-order valence-corrected chi connectivity index (χ3v) is 5.07. The van der Waals surface area contributed by atoms with E-state index in [1.807, 2.05) is 4.90 Å². The van der Waals surface area contributed by atoms with Crippen molar-refractivity contribution in [2.45, 2.75) is 44.8 Å². The van der Waals surface area contributed by atoms with Gasteiger partial charge in [0.1, 0.15) is 6.10 Å². The topological polar surface area (TPSA) is 95.9 Å². The Morgan fingerprint density at radius 2 is 1.73 bits per heavy atom. The number of ether oxygens (including phenoxy) is 1. The lowest BCUT2D eigenvalue weighted by Gasteiger charge is -2.30. The van der Waals surface area contributed by atoms with E-state index < -0.39 is 24.1 Å². The predicted octanol–water partition coefficient (Wildman–Crippen LogP) is 2.13. The van der Waals surface area contributed by atoms with Gasteiger partial charge < -0.3 is 20.1 Å². The van der Waals surface area contributed by atoms with Crippen LogP contribution in [0.15, 0.2) is 24.3 Å². The number of likely N-dealkylation sites (tertiary alicyclic amines) is 1. The molecule has 1 aromatic carbocycles. The first-order chi connectivity index (χ1) is 12.5. The number of nitrogens with one attached hydrogen (secondary N) is 1. The summed E-state index contributed by atoms with van der Waals surface area (Å²) in [4.78, 5) is 38.0. The molecule has 2 N–H and O–H groups in total. The van der Waals surface area contributed by atoms with Gasteiger partial charge in [-0.2, -0.15) is 0 Å². The van der Waals surface area contributed by atoms with Crippen LogP contribution in [0.4, 0.5) is 5.69 Å². The third-order valence-electron chi connectivity index (χ3n) is 5.07. The Balaban J connectivity index is 1.68. The van der Waals surface area contributed by atoms with Gasteiger partial charge in [-0.1, -0.05) is 19.1 Å². The van der Waals surface area contributed by atoms with Crippen LogP contribution < -0.4 is 5.32 Å². The van der Waals surface area contributed by atoms with Crippen LogP contribution in [0.3, 0.4) is 0 Å². The molecule has 0 bridgehead atoms. The van der Waals surface area contributed by atoms with Crippen LogP contribution >= 0.6 is 0 Å². The highest BCUT2D eigenvalue weighted by Gasteiger charge is 2.35. The zero-order valence-electron chi connectivity index (χ0n) is 14.8. The summed E-state index contributed by atoms with van der Waals surface area (Å²) in [5.41, 5.74) is 0.881. The molecule has 2 amide bonds. The largest absolute Gasteiger partial charge is 0.479 e. The summed E-state index contributed by atoms with van der Waals surface area (Å²) in [7, 11) is 0. The summed E-state index contributed by atoms with van der Waals surface area (Å²) >= 11 is 0. The Morgan fingerprint density at radius 3 is 2.38 bits per heavy atom. The van der Waals surface area contributed by atoms with Crippen molar-refractivity contribution in [3.05, 3.63) is 29.8 Å². The number of piperidine rings is 1. The second kappa shape index (κ2) is 7.86. The first-order valence-electron chi connectivity index (χ1n) is 9.03. The average Bonchev–Trinajstić information content (AvgIpc) is 3.13. The molecule has 0 radical (unpaired) electrons. The summed E-state index contributed by atoms with van der Waals surface area (Å²) in [6, 6.07) is 6.90. The van der Waals surface area contributed by atoms with Crippen LogP contribution in [0.1, 0.15) is 43.0 Å². The molecule has 2 aliphatic rings. The minimum Gasteiger partial charge on any atom is -0.479 e. The maximum absolute atomic E-state index is 12.8. The van der Waals surface area contributed by atoms with E-state index in [4.69, 9.17) is 9.84 Å². The molecule has 0 saturated carbocycles. The number of benzene rings is 1. The van der Waals surface area contributed by atoms with Crippen LogP contribution in [0.2, 0.25) is 0 Å². The molecule has 0 unspecified atom stereocenters. The fourth-order valence-electron chi connectivity index (χ4n) is 3.39. The first-order valence-corrected chi connectivity index (χ1v) is 9.03. The maximum atomic E-state index is 12.8. The van der Waals surface area contributed by atoms with Gasteiger partial charge >= 0.3 is 5.97 Å². The highest BCUT2D eigenvalue weighted by atomic mass is 16.5. The number of hydrogen-bond acceptors (Lipinski definition) is 4. The van der Waals surface area contributed by atoms with Crippen LogP contribution in [0.25, 0.3) is 0 Å². The maximum Gasteiger partial charge on any atom is 0.332 e. The van der Waals surface area contributed by atoms with Gasteiger partial charge in [0.2, 0.25) is 0 Å². The SMILES string of the molecule is CC1CCN(C(=O)c2ccccc2NC(=O)[C@@H]2CC[C@H](C(=O)O)O2)CC1. The van der Waals surface area contributed by atoms with Crippen LogP contribution in [-0.2, 0) is 14.3 Å². The number of aliphatic carboxylic acids is 1. The first kappa shape index (κ1) is 18.4. The van der Waals surface area contributed by atoms with Crippen molar-refractivity contribution in [2.24, 2.45) is 5.92 Å². The molecule has 2 aliphatic heterocycles. The molecule has 3 rings (SSSR count).